The van der Waals surface area contributed by atoms with Crippen LogP contribution in [0.25, 0.3) is 10.2 Å². The van der Waals surface area contributed by atoms with Crippen LogP contribution in [0.4, 0.5) is 10.5 Å². The second kappa shape index (κ2) is 13.5. The first kappa shape index (κ1) is 32.2. The Balaban J connectivity index is 1.35. The minimum Gasteiger partial charge on any atom is -0.333 e. The van der Waals surface area contributed by atoms with E-state index in [9.17, 15) is 22.8 Å². The van der Waals surface area contributed by atoms with Gasteiger partial charge in [0.1, 0.15) is 12.2 Å². The molecule has 0 spiro atoms. The molecule has 6 rings (SSSR count). The van der Waals surface area contributed by atoms with Gasteiger partial charge in [-0.3, -0.25) is 14.3 Å². The van der Waals surface area contributed by atoms with Crippen LogP contribution in [0, 0.1) is 0 Å². The molecule has 0 radical (unpaired) electrons. The smallest absolute Gasteiger partial charge is 0.333 e. The number of benzene rings is 3. The zero-order valence-electron chi connectivity index (χ0n) is 25.8. The number of piperazine rings is 1. The Hall–Kier alpha value is -4.79. The summed E-state index contributed by atoms with van der Waals surface area (Å²) >= 11 is 1.52. The number of fused-ring (bicyclic) bond motifs is 2. The van der Waals surface area contributed by atoms with E-state index in [4.69, 9.17) is 0 Å². The second-order valence-corrected chi connectivity index (χ2v) is 14.2. The molecule has 2 aliphatic heterocycles. The quantitative estimate of drug-likeness (QED) is 0.247. The Morgan fingerprint density at radius 1 is 1.04 bits per heavy atom. The highest BCUT2D eigenvalue weighted by Crippen LogP contribution is 2.31. The first-order valence-electron chi connectivity index (χ1n) is 15.1. The molecule has 4 aromatic rings. The van der Waals surface area contributed by atoms with Gasteiger partial charge < -0.3 is 15.1 Å². The first-order chi connectivity index (χ1) is 22.6. The monoisotopic (exact) mass is 673 g/mol. The van der Waals surface area contributed by atoms with Gasteiger partial charge in [-0.25, -0.2) is 28.2 Å². The summed E-state index contributed by atoms with van der Waals surface area (Å²) in [4.78, 5) is 49.9. The van der Waals surface area contributed by atoms with Gasteiger partial charge in [0.25, 0.3) is 0 Å². The Kier molecular flexibility index (Phi) is 9.25. The number of hydrogen-bond donors (Lipinski definition) is 2. The summed E-state index contributed by atoms with van der Waals surface area (Å²) in [5.41, 5.74) is 5.48. The lowest BCUT2D eigenvalue weighted by atomic mass is 9.98. The van der Waals surface area contributed by atoms with Crippen LogP contribution in [0.2, 0.25) is 0 Å². The molecule has 1 aromatic heterocycles. The van der Waals surface area contributed by atoms with E-state index in [1.54, 1.807) is 50.8 Å². The van der Waals surface area contributed by atoms with E-state index in [1.165, 1.54) is 16.2 Å². The van der Waals surface area contributed by atoms with Crippen molar-refractivity contribution in [1.82, 2.24) is 30.1 Å². The first-order valence-corrected chi connectivity index (χ1v) is 17.8. The average Bonchev–Trinajstić information content (AvgIpc) is 3.53. The molecule has 0 bridgehead atoms. The number of nitrogens with one attached hydrogen (secondary N) is 2. The number of rotatable bonds is 10. The van der Waals surface area contributed by atoms with E-state index in [2.05, 4.69) is 21.6 Å². The van der Waals surface area contributed by atoms with Crippen molar-refractivity contribution in [2.24, 2.45) is 0 Å². The third-order valence-corrected chi connectivity index (χ3v) is 9.56. The fraction of sp³-hybridized carbons (Fsp3) is 0.273. The number of carbonyl (C=O) groups excluding carboxylic acids is 3. The molecular weight excluding hydrogens is 639 g/mol. The maximum Gasteiger partial charge on any atom is 0.334 e. The topological polar surface area (TPSA) is 135 Å². The maximum atomic E-state index is 14.3. The number of sulfonamides is 1. The molecule has 12 nitrogen and oxygen atoms in total. The summed E-state index contributed by atoms with van der Waals surface area (Å²) in [5.74, 6) is -0.527. The van der Waals surface area contributed by atoms with Gasteiger partial charge in [-0.2, -0.15) is 0 Å². The highest BCUT2D eigenvalue weighted by Gasteiger charge is 2.51. The van der Waals surface area contributed by atoms with E-state index >= 15 is 0 Å². The lowest BCUT2D eigenvalue weighted by molar-refractivity contribution is -0.189. The number of nitrogens with zero attached hydrogens (tertiary/aromatic N) is 5. The number of para-hydroxylation sites is 1. The van der Waals surface area contributed by atoms with Crippen molar-refractivity contribution in [2.45, 2.75) is 31.7 Å². The van der Waals surface area contributed by atoms with E-state index in [1.807, 2.05) is 48.5 Å². The lowest BCUT2D eigenvalue weighted by Gasteiger charge is -2.55. The molecule has 0 saturated carbocycles. The molecule has 2 N–H and O–H groups in total. The van der Waals surface area contributed by atoms with Gasteiger partial charge in [-0.1, -0.05) is 60.7 Å². The number of carbonyl (C=O) groups is 3. The highest BCUT2D eigenvalue weighted by atomic mass is 32.2. The Bertz CT molecular complexity index is 1900. The van der Waals surface area contributed by atoms with E-state index in [-0.39, 0.29) is 51.0 Å². The largest absolute Gasteiger partial charge is 0.334 e. The molecule has 3 heterocycles. The normalized spacial score (nSPS) is 18.7. The van der Waals surface area contributed by atoms with Crippen molar-refractivity contribution in [3.8, 4) is 0 Å². The van der Waals surface area contributed by atoms with Crippen molar-refractivity contribution in [2.75, 3.05) is 30.6 Å². The highest BCUT2D eigenvalue weighted by molar-refractivity contribution is 7.92. The fourth-order valence-electron chi connectivity index (χ4n) is 6.12. The molecule has 2 saturated heterocycles. The minimum atomic E-state index is -3.47. The summed E-state index contributed by atoms with van der Waals surface area (Å²) in [6.45, 7) is 4.59. The molecule has 2 atom stereocenters. The van der Waals surface area contributed by atoms with Gasteiger partial charge in [-0.15, -0.1) is 17.9 Å². The molecular formula is C33H35N7O5S2. The molecule has 244 valence electrons. The van der Waals surface area contributed by atoms with Crippen LogP contribution in [0.1, 0.15) is 16.7 Å². The average molecular weight is 674 g/mol. The predicted molar refractivity (Wildman–Crippen MR) is 180 cm³/mol. The maximum absolute atomic E-state index is 14.3. The van der Waals surface area contributed by atoms with Crippen LogP contribution in [0.15, 0.2) is 91.0 Å². The number of anilines is 1. The van der Waals surface area contributed by atoms with Crippen LogP contribution in [0.5, 0.6) is 0 Å². The standard InChI is InChI=1S/C33H35N7O5S2/c1-3-16-38-21-30(41)39-27(17-23-12-14-26(15-13-23)36-47(2,44)45)32(42)37(19-25-10-7-11-28-31(25)35-22-46-28)20-29(39)40(38)33(43)34-18-24-8-5-4-6-9-24/h3-15,22,27,29,36H,1,16-21H2,2H3,(H,34,43)/t27-,29-/m0/s1. The number of aromatic nitrogens is 1. The number of thiazole rings is 1. The van der Waals surface area contributed by atoms with Crippen molar-refractivity contribution in [3.05, 3.63) is 108 Å². The Labute approximate surface area is 277 Å². The van der Waals surface area contributed by atoms with Crippen molar-refractivity contribution >= 4 is 55.1 Å². The summed E-state index contributed by atoms with van der Waals surface area (Å²) in [6.07, 6.45) is 2.08. The number of hydrogen-bond acceptors (Lipinski definition) is 8. The van der Waals surface area contributed by atoms with Gasteiger partial charge in [-0.05, 0) is 34.9 Å². The van der Waals surface area contributed by atoms with Crippen molar-refractivity contribution < 1.29 is 22.8 Å². The molecule has 47 heavy (non-hydrogen) atoms. The van der Waals surface area contributed by atoms with Crippen molar-refractivity contribution in [3.63, 3.8) is 0 Å². The summed E-state index contributed by atoms with van der Waals surface area (Å²) in [5, 5.41) is 6.20. The Morgan fingerprint density at radius 2 is 1.81 bits per heavy atom. The van der Waals surface area contributed by atoms with Crippen LogP contribution in [-0.4, -0.2) is 89.2 Å². The van der Waals surface area contributed by atoms with Gasteiger partial charge in [0.15, 0.2) is 0 Å². The Morgan fingerprint density at radius 3 is 2.53 bits per heavy atom. The molecule has 14 heteroatoms. The molecule has 4 amide bonds. The van der Waals surface area contributed by atoms with Gasteiger partial charge in [0, 0.05) is 31.7 Å². The fourth-order valence-corrected chi connectivity index (χ4v) is 7.41. The third kappa shape index (κ3) is 7.14. The molecule has 2 aliphatic rings. The summed E-state index contributed by atoms with van der Waals surface area (Å²) in [6, 6.07) is 20.8. The van der Waals surface area contributed by atoms with Gasteiger partial charge >= 0.3 is 6.03 Å². The summed E-state index contributed by atoms with van der Waals surface area (Å²) in [7, 11) is -3.47. The minimum absolute atomic E-state index is 0.0885. The third-order valence-electron chi connectivity index (χ3n) is 8.16. The van der Waals surface area contributed by atoms with Gasteiger partial charge in [0.2, 0.25) is 21.8 Å². The number of urea groups is 1. The zero-order chi connectivity index (χ0) is 33.1. The SMILES string of the molecule is C=CCN1CC(=O)N2[C@@H](Cc3ccc(NS(C)(=O)=O)cc3)C(=O)N(Cc3cccc4scnc34)C[C@@H]2N1C(=O)NCc1ccccc1. The lowest BCUT2D eigenvalue weighted by Crippen LogP contribution is -2.76. The van der Waals surface area contributed by atoms with Crippen molar-refractivity contribution in [1.29, 1.82) is 0 Å². The van der Waals surface area contributed by atoms with Crippen LogP contribution < -0.4 is 10.0 Å². The van der Waals surface area contributed by atoms with E-state index in [0.29, 0.717) is 5.69 Å². The molecule has 3 aromatic carbocycles. The van der Waals surface area contributed by atoms with E-state index < -0.39 is 28.3 Å². The van der Waals surface area contributed by atoms with Gasteiger partial charge in [0.05, 0.1) is 35.1 Å². The van der Waals surface area contributed by atoms with Crippen LogP contribution >= 0.6 is 11.3 Å². The molecule has 0 unspecified atom stereocenters. The van der Waals surface area contributed by atoms with E-state index in [0.717, 1.165) is 33.2 Å². The second-order valence-electron chi connectivity index (χ2n) is 11.5. The zero-order valence-corrected chi connectivity index (χ0v) is 27.4. The molecule has 2 fully saturated rings. The van der Waals surface area contributed by atoms with Crippen LogP contribution in [0.3, 0.4) is 0 Å². The number of hydrazine groups is 1. The summed E-state index contributed by atoms with van der Waals surface area (Å²) < 4.78 is 26.9. The predicted octanol–water partition coefficient (Wildman–Crippen LogP) is 3.40. The molecule has 0 aliphatic carbocycles. The number of amides is 4. The van der Waals surface area contributed by atoms with Crippen LogP contribution in [-0.2, 0) is 39.1 Å².